The largest absolute Gasteiger partial charge is 0.387 e. The Balaban J connectivity index is 3.51. The van der Waals surface area contributed by atoms with Gasteiger partial charge in [-0.05, 0) is 13.2 Å². The molecule has 0 aromatic rings. The van der Waals surface area contributed by atoms with Gasteiger partial charge in [-0.1, -0.05) is 0 Å². The molecule has 0 aromatic carbocycles. The number of amides is 1. The second-order valence-electron chi connectivity index (χ2n) is 2.43. The molecule has 0 bridgehead atoms. The Morgan fingerprint density at radius 2 is 2.40 bits per heavy atom. The van der Waals surface area contributed by atoms with Crippen LogP contribution in [-0.2, 0) is 4.79 Å². The summed E-state index contributed by atoms with van der Waals surface area (Å²) in [6.45, 7) is 2.01. The Morgan fingerprint density at radius 1 is 1.80 bits per heavy atom. The first-order valence-corrected chi connectivity index (χ1v) is 4.40. The maximum atomic E-state index is 9.83. The number of hydrogen-bond acceptors (Lipinski definition) is 3. The number of hydrogen-bond donors (Lipinski definition) is 2. The van der Waals surface area contributed by atoms with Crippen LogP contribution in [0.15, 0.2) is 0 Å². The van der Waals surface area contributed by atoms with Crippen LogP contribution < -0.4 is 5.32 Å². The average Bonchev–Trinajstić information content (AvgIpc) is 1.84. The molecular formula is C6H13NO2S. The van der Waals surface area contributed by atoms with Crippen LogP contribution in [0.25, 0.3) is 0 Å². The van der Waals surface area contributed by atoms with Crippen molar-refractivity contribution in [1.29, 1.82) is 0 Å². The molecule has 0 heterocycles. The second-order valence-corrected chi connectivity index (χ2v) is 3.29. The summed E-state index contributed by atoms with van der Waals surface area (Å²) in [5.41, 5.74) is -0.777. The first-order valence-electron chi connectivity index (χ1n) is 3.01. The van der Waals surface area contributed by atoms with Gasteiger partial charge >= 0.3 is 0 Å². The molecule has 1 unspecified atom stereocenters. The van der Waals surface area contributed by atoms with Crippen LogP contribution in [0.2, 0.25) is 0 Å². The van der Waals surface area contributed by atoms with E-state index in [9.17, 15) is 9.90 Å². The standard InChI is InChI=1S/C6H13NO2S/c1-6(9,4-10-2)3-7-5-8/h5,9H,3-4H2,1-2H3,(H,7,8). The van der Waals surface area contributed by atoms with E-state index in [2.05, 4.69) is 5.32 Å². The molecule has 0 rings (SSSR count). The summed E-state index contributed by atoms with van der Waals surface area (Å²) in [5.74, 6) is 0.633. The Labute approximate surface area is 65.2 Å². The number of carbonyl (C=O) groups excluding carboxylic acids is 1. The Bertz CT molecular complexity index is 106. The lowest BCUT2D eigenvalue weighted by Gasteiger charge is -2.20. The maximum absolute atomic E-state index is 9.83. The highest BCUT2D eigenvalue weighted by molar-refractivity contribution is 7.98. The van der Waals surface area contributed by atoms with E-state index in [-0.39, 0.29) is 0 Å². The highest BCUT2D eigenvalue weighted by Crippen LogP contribution is 2.08. The molecule has 0 fully saturated rings. The summed E-state index contributed by atoms with van der Waals surface area (Å²) in [5, 5.41) is 11.8. The second kappa shape index (κ2) is 4.57. The molecule has 0 radical (unpaired) electrons. The monoisotopic (exact) mass is 163 g/mol. The molecule has 0 saturated heterocycles. The normalized spacial score (nSPS) is 15.9. The average molecular weight is 163 g/mol. The van der Waals surface area contributed by atoms with Crippen LogP contribution >= 0.6 is 11.8 Å². The molecule has 10 heavy (non-hydrogen) atoms. The van der Waals surface area contributed by atoms with Gasteiger partial charge in [0.1, 0.15) is 0 Å². The fourth-order valence-corrected chi connectivity index (χ4v) is 1.35. The molecule has 1 atom stereocenters. The Hall–Kier alpha value is -0.220. The van der Waals surface area contributed by atoms with Gasteiger partial charge in [0.2, 0.25) is 6.41 Å². The molecule has 3 nitrogen and oxygen atoms in total. The van der Waals surface area contributed by atoms with Crippen molar-refractivity contribution in [2.75, 3.05) is 18.6 Å². The zero-order valence-corrected chi connectivity index (χ0v) is 7.07. The van der Waals surface area contributed by atoms with E-state index in [1.165, 1.54) is 0 Å². The minimum Gasteiger partial charge on any atom is -0.387 e. The number of nitrogens with one attached hydrogen (secondary N) is 1. The first-order chi connectivity index (χ1) is 4.62. The minimum atomic E-state index is -0.777. The van der Waals surface area contributed by atoms with E-state index in [0.717, 1.165) is 0 Å². The highest BCUT2D eigenvalue weighted by atomic mass is 32.2. The van der Waals surface area contributed by atoms with Crippen LogP contribution in [0.3, 0.4) is 0 Å². The summed E-state index contributed by atoms with van der Waals surface area (Å²) in [7, 11) is 0. The first kappa shape index (κ1) is 9.78. The van der Waals surface area contributed by atoms with Crippen molar-refractivity contribution in [2.24, 2.45) is 0 Å². The van der Waals surface area contributed by atoms with Crippen molar-refractivity contribution in [2.45, 2.75) is 12.5 Å². The van der Waals surface area contributed by atoms with E-state index in [0.29, 0.717) is 18.7 Å². The number of rotatable bonds is 5. The predicted molar refractivity (Wildman–Crippen MR) is 43.1 cm³/mol. The molecule has 0 saturated carbocycles. The summed E-state index contributed by atoms with van der Waals surface area (Å²) in [6.07, 6.45) is 2.50. The van der Waals surface area contributed by atoms with E-state index in [4.69, 9.17) is 0 Å². The van der Waals surface area contributed by atoms with Crippen molar-refractivity contribution < 1.29 is 9.90 Å². The van der Waals surface area contributed by atoms with E-state index in [1.807, 2.05) is 6.26 Å². The molecule has 0 aromatic heterocycles. The van der Waals surface area contributed by atoms with Crippen LogP contribution in [-0.4, -0.2) is 35.7 Å². The molecular weight excluding hydrogens is 150 g/mol. The van der Waals surface area contributed by atoms with Crippen LogP contribution in [0.5, 0.6) is 0 Å². The van der Waals surface area contributed by atoms with Gasteiger partial charge in [-0.3, -0.25) is 4.79 Å². The fraction of sp³-hybridized carbons (Fsp3) is 0.833. The molecule has 60 valence electrons. The van der Waals surface area contributed by atoms with Crippen molar-refractivity contribution in [3.05, 3.63) is 0 Å². The Kier molecular flexibility index (Phi) is 4.47. The van der Waals surface area contributed by atoms with Gasteiger partial charge in [0, 0.05) is 12.3 Å². The van der Waals surface area contributed by atoms with Gasteiger partial charge in [-0.15, -0.1) is 0 Å². The van der Waals surface area contributed by atoms with E-state index in [1.54, 1.807) is 18.7 Å². The summed E-state index contributed by atoms with van der Waals surface area (Å²) < 4.78 is 0. The lowest BCUT2D eigenvalue weighted by atomic mass is 10.1. The third-order valence-electron chi connectivity index (χ3n) is 1.02. The quantitative estimate of drug-likeness (QED) is 0.554. The van der Waals surface area contributed by atoms with Crippen molar-refractivity contribution in [3.63, 3.8) is 0 Å². The molecule has 0 aliphatic carbocycles. The molecule has 0 spiro atoms. The molecule has 0 aliphatic heterocycles. The van der Waals surface area contributed by atoms with Gasteiger partial charge in [-0.2, -0.15) is 11.8 Å². The summed E-state index contributed by atoms with van der Waals surface area (Å²) in [4.78, 5) is 9.83. The van der Waals surface area contributed by atoms with Crippen molar-refractivity contribution >= 4 is 18.2 Å². The topological polar surface area (TPSA) is 49.3 Å². The van der Waals surface area contributed by atoms with Crippen LogP contribution in [0, 0.1) is 0 Å². The number of aliphatic hydroxyl groups is 1. The van der Waals surface area contributed by atoms with Crippen molar-refractivity contribution in [3.8, 4) is 0 Å². The number of thioether (sulfide) groups is 1. The molecule has 4 heteroatoms. The minimum absolute atomic E-state index is 0.317. The number of carbonyl (C=O) groups is 1. The Morgan fingerprint density at radius 3 is 2.80 bits per heavy atom. The van der Waals surface area contributed by atoms with E-state index < -0.39 is 5.60 Å². The summed E-state index contributed by atoms with van der Waals surface area (Å²) in [6, 6.07) is 0. The smallest absolute Gasteiger partial charge is 0.207 e. The lowest BCUT2D eigenvalue weighted by molar-refractivity contribution is -0.110. The SMILES string of the molecule is CSCC(C)(O)CNC=O. The summed E-state index contributed by atoms with van der Waals surface area (Å²) >= 11 is 1.55. The van der Waals surface area contributed by atoms with Gasteiger partial charge in [0.15, 0.2) is 0 Å². The zero-order valence-electron chi connectivity index (χ0n) is 6.26. The van der Waals surface area contributed by atoms with Crippen LogP contribution in [0.1, 0.15) is 6.92 Å². The third-order valence-corrected chi connectivity index (χ3v) is 1.93. The highest BCUT2D eigenvalue weighted by Gasteiger charge is 2.18. The van der Waals surface area contributed by atoms with Gasteiger partial charge in [0.05, 0.1) is 5.60 Å². The van der Waals surface area contributed by atoms with Crippen molar-refractivity contribution in [1.82, 2.24) is 5.32 Å². The predicted octanol–water partition coefficient (Wildman–Crippen LogP) is -0.154. The fourth-order valence-electron chi connectivity index (χ4n) is 0.624. The lowest BCUT2D eigenvalue weighted by Crippen LogP contribution is -2.39. The van der Waals surface area contributed by atoms with Gasteiger partial charge in [-0.25, -0.2) is 0 Å². The van der Waals surface area contributed by atoms with Crippen LogP contribution in [0.4, 0.5) is 0 Å². The van der Waals surface area contributed by atoms with Gasteiger partial charge < -0.3 is 10.4 Å². The molecule has 0 aliphatic rings. The maximum Gasteiger partial charge on any atom is 0.207 e. The van der Waals surface area contributed by atoms with Gasteiger partial charge in [0.25, 0.3) is 0 Å². The zero-order chi connectivity index (χ0) is 8.04. The molecule has 1 amide bonds. The molecule has 2 N–H and O–H groups in total. The third kappa shape index (κ3) is 4.64. The van der Waals surface area contributed by atoms with E-state index >= 15 is 0 Å².